The second-order valence-corrected chi connectivity index (χ2v) is 2.69. The van der Waals surface area contributed by atoms with Crippen molar-refractivity contribution in [1.29, 1.82) is 0 Å². The number of ketones is 1. The molecule has 0 atom stereocenters. The van der Waals surface area contributed by atoms with E-state index in [2.05, 4.69) is 0 Å². The highest BCUT2D eigenvalue weighted by atomic mass is 35.5. The number of halogens is 2. The zero-order chi connectivity index (χ0) is 9.30. The number of carbonyl (C=O) groups excluding carboxylic acids is 1. The van der Waals surface area contributed by atoms with E-state index in [1.165, 1.54) is 19.1 Å². The van der Waals surface area contributed by atoms with Crippen molar-refractivity contribution in [1.82, 2.24) is 0 Å². The van der Waals surface area contributed by atoms with Crippen LogP contribution in [0.3, 0.4) is 0 Å². The summed E-state index contributed by atoms with van der Waals surface area (Å²) in [5, 5.41) is 8.51. The van der Waals surface area contributed by atoms with Gasteiger partial charge in [-0.25, -0.2) is 4.39 Å². The third kappa shape index (κ3) is 1.41. The molecule has 0 aromatic heterocycles. The number of phenols is 1. The van der Waals surface area contributed by atoms with Gasteiger partial charge < -0.3 is 5.11 Å². The van der Waals surface area contributed by atoms with E-state index < -0.39 is 16.6 Å². The maximum Gasteiger partial charge on any atom is 0.162 e. The lowest BCUT2D eigenvalue weighted by atomic mass is 10.1. The van der Waals surface area contributed by atoms with Gasteiger partial charge in [-0.15, -0.1) is 0 Å². The van der Waals surface area contributed by atoms with Crippen LogP contribution in [0, 0.1) is 5.82 Å². The van der Waals surface area contributed by atoms with Gasteiger partial charge in [-0.05, 0) is 19.1 Å². The lowest BCUT2D eigenvalue weighted by Crippen LogP contribution is -1.96. The third-order valence-electron chi connectivity index (χ3n) is 1.44. The van der Waals surface area contributed by atoms with Gasteiger partial charge in [-0.3, -0.25) is 4.79 Å². The monoisotopic (exact) mass is 188 g/mol. The molecule has 64 valence electrons. The minimum Gasteiger partial charge on any atom is -0.506 e. The number of phenolic OH excluding ortho intramolecular Hbond substituents is 1. The van der Waals surface area contributed by atoms with Crippen LogP contribution in [-0.2, 0) is 0 Å². The van der Waals surface area contributed by atoms with Gasteiger partial charge in [0.2, 0.25) is 0 Å². The predicted molar refractivity (Wildman–Crippen MR) is 43.1 cm³/mol. The summed E-state index contributed by atoms with van der Waals surface area (Å²) in [6, 6.07) is 2.38. The molecule has 0 heterocycles. The maximum absolute atomic E-state index is 13.0. The molecule has 0 spiro atoms. The highest BCUT2D eigenvalue weighted by molar-refractivity contribution is 6.32. The van der Waals surface area contributed by atoms with Crippen molar-refractivity contribution in [3.63, 3.8) is 0 Å². The molecule has 0 bridgehead atoms. The molecule has 1 aromatic rings. The van der Waals surface area contributed by atoms with Crippen molar-refractivity contribution in [3.05, 3.63) is 28.5 Å². The first kappa shape index (κ1) is 9.00. The smallest absolute Gasteiger partial charge is 0.162 e. The van der Waals surface area contributed by atoms with E-state index in [4.69, 9.17) is 16.7 Å². The molecule has 0 amide bonds. The summed E-state index contributed by atoms with van der Waals surface area (Å²) in [5.41, 5.74) is -0.113. The summed E-state index contributed by atoms with van der Waals surface area (Å²) in [7, 11) is 0. The van der Waals surface area contributed by atoms with Crippen LogP contribution in [0.5, 0.6) is 5.75 Å². The van der Waals surface area contributed by atoms with Crippen molar-refractivity contribution in [2.45, 2.75) is 6.92 Å². The summed E-state index contributed by atoms with van der Waals surface area (Å²) in [5.74, 6) is -1.65. The van der Waals surface area contributed by atoms with Crippen LogP contribution in [-0.4, -0.2) is 10.9 Å². The summed E-state index contributed by atoms with van der Waals surface area (Å²) in [4.78, 5) is 10.7. The molecule has 0 aliphatic heterocycles. The predicted octanol–water partition coefficient (Wildman–Crippen LogP) is 2.39. The van der Waals surface area contributed by atoms with Crippen molar-refractivity contribution in [2.75, 3.05) is 0 Å². The third-order valence-corrected chi connectivity index (χ3v) is 1.80. The number of hydrogen-bond donors (Lipinski definition) is 1. The van der Waals surface area contributed by atoms with Crippen molar-refractivity contribution < 1.29 is 14.3 Å². The summed E-state index contributed by atoms with van der Waals surface area (Å²) >= 11 is 5.35. The standard InChI is InChI=1S/C8H6ClFO2/c1-4(11)5-2-3-6(12)7(9)8(5)10/h2-3,12H,1H3. The molecule has 0 aliphatic rings. The molecule has 0 fully saturated rings. The highest BCUT2D eigenvalue weighted by Crippen LogP contribution is 2.28. The Morgan fingerprint density at radius 3 is 2.67 bits per heavy atom. The molecule has 12 heavy (non-hydrogen) atoms. The van der Waals surface area contributed by atoms with E-state index in [1.54, 1.807) is 0 Å². The second kappa shape index (κ2) is 3.11. The van der Waals surface area contributed by atoms with Gasteiger partial charge in [-0.2, -0.15) is 0 Å². The maximum atomic E-state index is 13.0. The fraction of sp³-hybridized carbons (Fsp3) is 0.125. The lowest BCUT2D eigenvalue weighted by Gasteiger charge is -2.01. The van der Waals surface area contributed by atoms with Gasteiger partial charge in [0.15, 0.2) is 11.6 Å². The van der Waals surface area contributed by atoms with E-state index in [9.17, 15) is 9.18 Å². The Labute approximate surface area is 73.6 Å². The van der Waals surface area contributed by atoms with Gasteiger partial charge in [-0.1, -0.05) is 11.6 Å². The number of Topliss-reactive ketones (excluding diaryl/α,β-unsaturated/α-hetero) is 1. The number of carbonyl (C=O) groups is 1. The fourth-order valence-corrected chi connectivity index (χ4v) is 0.976. The zero-order valence-corrected chi connectivity index (χ0v) is 7.02. The number of rotatable bonds is 1. The lowest BCUT2D eigenvalue weighted by molar-refractivity contribution is 0.101. The fourth-order valence-electron chi connectivity index (χ4n) is 0.811. The minimum atomic E-state index is -0.871. The molecular weight excluding hydrogens is 183 g/mol. The molecule has 0 radical (unpaired) electrons. The minimum absolute atomic E-state index is 0.113. The zero-order valence-electron chi connectivity index (χ0n) is 6.27. The van der Waals surface area contributed by atoms with Crippen LogP contribution in [0.1, 0.15) is 17.3 Å². The highest BCUT2D eigenvalue weighted by Gasteiger charge is 2.13. The van der Waals surface area contributed by atoms with E-state index in [0.717, 1.165) is 0 Å². The molecule has 1 aromatic carbocycles. The van der Waals surface area contributed by atoms with E-state index in [1.807, 2.05) is 0 Å². The Morgan fingerprint density at radius 2 is 2.17 bits per heavy atom. The van der Waals surface area contributed by atoms with Gasteiger partial charge in [0.25, 0.3) is 0 Å². The SMILES string of the molecule is CC(=O)c1ccc(O)c(Cl)c1F. The van der Waals surface area contributed by atoms with Crippen LogP contribution in [0.25, 0.3) is 0 Å². The van der Waals surface area contributed by atoms with Crippen LogP contribution in [0.2, 0.25) is 5.02 Å². The molecular formula is C8H6ClFO2. The van der Waals surface area contributed by atoms with Crippen LogP contribution in [0.15, 0.2) is 12.1 Å². The normalized spacial score (nSPS) is 9.92. The van der Waals surface area contributed by atoms with E-state index in [0.29, 0.717) is 0 Å². The van der Waals surface area contributed by atoms with Crippen LogP contribution in [0.4, 0.5) is 4.39 Å². The Kier molecular flexibility index (Phi) is 2.33. The molecule has 1 N–H and O–H groups in total. The molecule has 0 unspecified atom stereocenters. The van der Waals surface area contributed by atoms with Gasteiger partial charge in [0.05, 0.1) is 5.56 Å². The Hall–Kier alpha value is -1.09. The summed E-state index contributed by atoms with van der Waals surface area (Å²) in [6.45, 7) is 1.23. The van der Waals surface area contributed by atoms with E-state index in [-0.39, 0.29) is 11.3 Å². The Morgan fingerprint density at radius 1 is 1.58 bits per heavy atom. The van der Waals surface area contributed by atoms with Crippen molar-refractivity contribution in [3.8, 4) is 5.75 Å². The average Bonchev–Trinajstić information content (AvgIpc) is 2.00. The van der Waals surface area contributed by atoms with Crippen LogP contribution >= 0.6 is 11.6 Å². The summed E-state index contributed by atoms with van der Waals surface area (Å²) in [6.07, 6.45) is 0. The molecule has 0 aliphatic carbocycles. The first-order chi connectivity index (χ1) is 5.54. The molecule has 0 saturated carbocycles. The summed E-state index contributed by atoms with van der Waals surface area (Å²) < 4.78 is 13.0. The van der Waals surface area contributed by atoms with Gasteiger partial charge >= 0.3 is 0 Å². The second-order valence-electron chi connectivity index (χ2n) is 2.32. The Balaban J connectivity index is 3.36. The first-order valence-electron chi connectivity index (χ1n) is 3.22. The topological polar surface area (TPSA) is 37.3 Å². The van der Waals surface area contributed by atoms with Crippen molar-refractivity contribution >= 4 is 17.4 Å². The van der Waals surface area contributed by atoms with Gasteiger partial charge in [0.1, 0.15) is 10.8 Å². The average molecular weight is 189 g/mol. The number of benzene rings is 1. The molecule has 2 nitrogen and oxygen atoms in total. The molecule has 1 rings (SSSR count). The van der Waals surface area contributed by atoms with Crippen molar-refractivity contribution in [2.24, 2.45) is 0 Å². The molecule has 0 saturated heterocycles. The molecule has 4 heteroatoms. The Bertz CT molecular complexity index is 336. The van der Waals surface area contributed by atoms with E-state index >= 15 is 0 Å². The number of hydrogen-bond acceptors (Lipinski definition) is 2. The van der Waals surface area contributed by atoms with Crippen LogP contribution < -0.4 is 0 Å². The largest absolute Gasteiger partial charge is 0.506 e. The quantitative estimate of drug-likeness (QED) is 0.687. The number of aromatic hydroxyl groups is 1. The van der Waals surface area contributed by atoms with Gasteiger partial charge in [0, 0.05) is 0 Å². The first-order valence-corrected chi connectivity index (χ1v) is 3.59.